The lowest BCUT2D eigenvalue weighted by atomic mass is 10.1. The minimum absolute atomic E-state index is 0.0184. The third-order valence-corrected chi connectivity index (χ3v) is 3.27. The van der Waals surface area contributed by atoms with Crippen LogP contribution in [0.4, 0.5) is 15.3 Å². The molecule has 1 aromatic carbocycles. The van der Waals surface area contributed by atoms with Crippen LogP contribution in [0.25, 0.3) is 10.9 Å². The van der Waals surface area contributed by atoms with Crippen molar-refractivity contribution in [1.29, 1.82) is 0 Å². The van der Waals surface area contributed by atoms with Crippen molar-refractivity contribution in [2.45, 2.75) is 26.4 Å². The van der Waals surface area contributed by atoms with E-state index in [1.807, 2.05) is 0 Å². The Morgan fingerprint density at radius 1 is 1.17 bits per heavy atom. The molecule has 0 aliphatic heterocycles. The van der Waals surface area contributed by atoms with Gasteiger partial charge < -0.3 is 9.84 Å². The van der Waals surface area contributed by atoms with Crippen LogP contribution in [0.2, 0.25) is 10.2 Å². The monoisotopic (exact) mass is 356 g/mol. The van der Waals surface area contributed by atoms with Crippen molar-refractivity contribution < 1.29 is 19.4 Å². The maximum Gasteiger partial charge on any atom is 0.424 e. The second-order valence-electron chi connectivity index (χ2n) is 5.69. The maximum atomic E-state index is 12.3. The van der Waals surface area contributed by atoms with E-state index >= 15 is 0 Å². The van der Waals surface area contributed by atoms with Crippen LogP contribution in [0.1, 0.15) is 20.8 Å². The first-order chi connectivity index (χ1) is 10.6. The molecule has 6 nitrogen and oxygen atoms in total. The molecule has 0 fully saturated rings. The van der Waals surface area contributed by atoms with Crippen molar-refractivity contribution in [3.8, 4) is 0 Å². The number of halogens is 2. The molecule has 1 heterocycles. The summed E-state index contributed by atoms with van der Waals surface area (Å²) in [6, 6.07) is 6.07. The summed E-state index contributed by atoms with van der Waals surface area (Å²) < 4.78 is 5.14. The Labute approximate surface area is 142 Å². The molecule has 1 aromatic heterocycles. The van der Waals surface area contributed by atoms with Gasteiger partial charge in [0.05, 0.1) is 16.2 Å². The lowest BCUT2D eigenvalue weighted by Gasteiger charge is -2.25. The van der Waals surface area contributed by atoms with Gasteiger partial charge in [0.15, 0.2) is 0 Å². The normalized spacial score (nSPS) is 11.3. The molecule has 0 aliphatic rings. The number of hydrogen-bond donors (Lipinski definition) is 1. The average Bonchev–Trinajstić information content (AvgIpc) is 2.39. The molecule has 2 rings (SSSR count). The molecule has 0 saturated carbocycles. The number of nitrogens with zero attached hydrogens (tertiary/aromatic N) is 2. The van der Waals surface area contributed by atoms with Crippen LogP contribution in [-0.4, -0.2) is 27.9 Å². The molecule has 0 bridgehead atoms. The SMILES string of the molecule is CC(C)(C)OC(=O)N(C(=O)O)c1c(Cl)ccc2nc(Cl)ccc12. The Hall–Kier alpha value is -2.05. The third-order valence-electron chi connectivity index (χ3n) is 2.75. The topological polar surface area (TPSA) is 79.7 Å². The summed E-state index contributed by atoms with van der Waals surface area (Å²) in [6.07, 6.45) is -2.56. The highest BCUT2D eigenvalue weighted by atomic mass is 35.5. The number of pyridine rings is 1. The molecule has 0 unspecified atom stereocenters. The van der Waals surface area contributed by atoms with Crippen LogP contribution in [0.5, 0.6) is 0 Å². The Kier molecular flexibility index (Phi) is 4.68. The van der Waals surface area contributed by atoms with E-state index in [-0.39, 0.29) is 15.9 Å². The molecular formula is C15H14Cl2N2O4. The predicted octanol–water partition coefficient (Wildman–Crippen LogP) is 4.96. The van der Waals surface area contributed by atoms with Gasteiger partial charge in [-0.1, -0.05) is 23.2 Å². The fraction of sp³-hybridized carbons (Fsp3) is 0.267. The van der Waals surface area contributed by atoms with Gasteiger partial charge in [0.2, 0.25) is 0 Å². The van der Waals surface area contributed by atoms with Gasteiger partial charge in [-0.15, -0.1) is 0 Å². The molecule has 2 aromatic rings. The largest absolute Gasteiger partial charge is 0.464 e. The van der Waals surface area contributed by atoms with Crippen LogP contribution >= 0.6 is 23.2 Å². The number of ether oxygens (including phenoxy) is 1. The Bertz CT molecular complexity index is 787. The predicted molar refractivity (Wildman–Crippen MR) is 88.5 cm³/mol. The highest BCUT2D eigenvalue weighted by Gasteiger charge is 2.31. The van der Waals surface area contributed by atoms with Crippen molar-refractivity contribution >= 4 is 52.0 Å². The zero-order valence-electron chi connectivity index (χ0n) is 12.6. The summed E-state index contributed by atoms with van der Waals surface area (Å²) in [5.41, 5.74) is -0.467. The number of carboxylic acid groups (broad SMARTS) is 1. The number of amides is 2. The van der Waals surface area contributed by atoms with E-state index in [0.29, 0.717) is 15.8 Å². The second-order valence-corrected chi connectivity index (χ2v) is 6.49. The van der Waals surface area contributed by atoms with Gasteiger partial charge in [0, 0.05) is 5.39 Å². The molecule has 0 radical (unpaired) electrons. The van der Waals surface area contributed by atoms with E-state index in [1.165, 1.54) is 12.1 Å². The fourth-order valence-electron chi connectivity index (χ4n) is 1.94. The van der Waals surface area contributed by atoms with E-state index in [4.69, 9.17) is 27.9 Å². The number of hydrogen-bond acceptors (Lipinski definition) is 4. The number of fused-ring (bicyclic) bond motifs is 1. The third kappa shape index (κ3) is 3.83. The quantitative estimate of drug-likeness (QED) is 0.730. The summed E-state index contributed by atoms with van der Waals surface area (Å²) in [7, 11) is 0. The highest BCUT2D eigenvalue weighted by molar-refractivity contribution is 6.37. The van der Waals surface area contributed by atoms with E-state index in [2.05, 4.69) is 4.98 Å². The number of anilines is 1. The second kappa shape index (κ2) is 6.22. The number of carbonyl (C=O) groups excluding carboxylic acids is 1. The first-order valence-electron chi connectivity index (χ1n) is 6.61. The van der Waals surface area contributed by atoms with Crippen molar-refractivity contribution in [3.63, 3.8) is 0 Å². The minimum Gasteiger partial charge on any atom is -0.464 e. The molecule has 0 spiro atoms. The minimum atomic E-state index is -1.51. The first kappa shape index (κ1) is 17.3. The van der Waals surface area contributed by atoms with E-state index < -0.39 is 17.8 Å². The summed E-state index contributed by atoms with van der Waals surface area (Å²) in [5, 5.41) is 10.1. The Morgan fingerprint density at radius 2 is 1.83 bits per heavy atom. The zero-order valence-corrected chi connectivity index (χ0v) is 14.1. The van der Waals surface area contributed by atoms with Crippen molar-refractivity contribution in [2.24, 2.45) is 0 Å². The number of benzene rings is 1. The standard InChI is InChI=1S/C15H14Cl2N2O4/c1-15(2,3)23-14(22)19(13(20)21)12-8-4-7-11(17)18-10(8)6-5-9(12)16/h4-7H,1-3H3,(H,20,21). The van der Waals surface area contributed by atoms with Gasteiger partial charge in [-0.05, 0) is 45.0 Å². The molecule has 23 heavy (non-hydrogen) atoms. The molecule has 1 N–H and O–H groups in total. The first-order valence-corrected chi connectivity index (χ1v) is 7.36. The van der Waals surface area contributed by atoms with Crippen LogP contribution in [-0.2, 0) is 4.74 Å². The number of carbonyl (C=O) groups is 2. The van der Waals surface area contributed by atoms with Crippen molar-refractivity contribution in [3.05, 3.63) is 34.4 Å². The lowest BCUT2D eigenvalue weighted by molar-refractivity contribution is 0.0582. The molecular weight excluding hydrogens is 343 g/mol. The summed E-state index contributed by atoms with van der Waals surface area (Å²) >= 11 is 12.0. The lowest BCUT2D eigenvalue weighted by Crippen LogP contribution is -2.40. The summed E-state index contributed by atoms with van der Waals surface area (Å²) in [4.78, 5) is 28.4. The van der Waals surface area contributed by atoms with Gasteiger partial charge in [-0.2, -0.15) is 4.90 Å². The molecule has 122 valence electrons. The van der Waals surface area contributed by atoms with Gasteiger partial charge in [0.25, 0.3) is 0 Å². The van der Waals surface area contributed by atoms with E-state index in [1.54, 1.807) is 32.9 Å². The molecule has 0 aliphatic carbocycles. The zero-order chi connectivity index (χ0) is 17.4. The van der Waals surface area contributed by atoms with E-state index in [0.717, 1.165) is 0 Å². The van der Waals surface area contributed by atoms with Gasteiger partial charge in [-0.25, -0.2) is 14.6 Å². The Balaban J connectivity index is 2.64. The number of aromatic nitrogens is 1. The van der Waals surface area contributed by atoms with Crippen molar-refractivity contribution in [1.82, 2.24) is 4.98 Å². The van der Waals surface area contributed by atoms with Crippen LogP contribution in [0, 0.1) is 0 Å². The highest BCUT2D eigenvalue weighted by Crippen LogP contribution is 2.35. The number of imide groups is 1. The maximum absolute atomic E-state index is 12.3. The summed E-state index contributed by atoms with van der Waals surface area (Å²) in [5.74, 6) is 0. The van der Waals surface area contributed by atoms with Gasteiger partial charge >= 0.3 is 12.2 Å². The molecule has 2 amide bonds. The summed E-state index contributed by atoms with van der Waals surface area (Å²) in [6.45, 7) is 4.91. The fourth-order valence-corrected chi connectivity index (χ4v) is 2.34. The average molecular weight is 357 g/mol. The molecule has 8 heteroatoms. The number of rotatable bonds is 1. The van der Waals surface area contributed by atoms with Crippen LogP contribution < -0.4 is 4.90 Å². The smallest absolute Gasteiger partial charge is 0.424 e. The molecule has 0 atom stereocenters. The van der Waals surface area contributed by atoms with Crippen LogP contribution in [0.3, 0.4) is 0 Å². The van der Waals surface area contributed by atoms with Crippen LogP contribution in [0.15, 0.2) is 24.3 Å². The van der Waals surface area contributed by atoms with E-state index in [9.17, 15) is 14.7 Å². The Morgan fingerprint density at radius 3 is 2.39 bits per heavy atom. The van der Waals surface area contributed by atoms with Crippen molar-refractivity contribution in [2.75, 3.05) is 4.90 Å². The molecule has 0 saturated heterocycles. The van der Waals surface area contributed by atoms with Gasteiger partial charge in [-0.3, -0.25) is 0 Å². The van der Waals surface area contributed by atoms with Gasteiger partial charge in [0.1, 0.15) is 10.8 Å².